The zero-order valence-electron chi connectivity index (χ0n) is 13.6. The average Bonchev–Trinajstić information content (AvgIpc) is 3.22. The lowest BCUT2D eigenvalue weighted by atomic mass is 10.0. The quantitative estimate of drug-likeness (QED) is 0.741. The Morgan fingerprint density at radius 3 is 3.04 bits per heavy atom. The Morgan fingerprint density at radius 1 is 1.28 bits per heavy atom. The topological polar surface area (TPSA) is 81.2 Å². The van der Waals surface area contributed by atoms with Crippen molar-refractivity contribution in [2.45, 2.75) is 30.7 Å². The van der Waals surface area contributed by atoms with Gasteiger partial charge in [-0.1, -0.05) is 18.2 Å². The predicted molar refractivity (Wildman–Crippen MR) is 96.5 cm³/mol. The van der Waals surface area contributed by atoms with Crippen molar-refractivity contribution in [2.24, 2.45) is 0 Å². The highest BCUT2D eigenvalue weighted by Crippen LogP contribution is 2.26. The molecule has 1 atom stereocenters. The van der Waals surface area contributed by atoms with Crippen LogP contribution >= 0.6 is 11.7 Å². The lowest BCUT2D eigenvalue weighted by molar-refractivity contribution is 0.357. The molecule has 3 aromatic rings. The van der Waals surface area contributed by atoms with Crippen LogP contribution in [0.3, 0.4) is 0 Å². The lowest BCUT2D eigenvalue weighted by Crippen LogP contribution is -2.34. The summed E-state index contributed by atoms with van der Waals surface area (Å²) in [5.74, 6) is 0.930. The summed E-state index contributed by atoms with van der Waals surface area (Å²) >= 11 is 1.01. The second-order valence-corrected chi connectivity index (χ2v) is 8.37. The Bertz CT molecular complexity index is 1030. The van der Waals surface area contributed by atoms with Crippen molar-refractivity contribution in [2.75, 3.05) is 6.61 Å². The van der Waals surface area contributed by atoms with Gasteiger partial charge in [0.25, 0.3) is 0 Å². The minimum atomic E-state index is -3.66. The van der Waals surface area contributed by atoms with E-state index in [4.69, 9.17) is 4.74 Å². The van der Waals surface area contributed by atoms with Crippen molar-refractivity contribution in [1.82, 2.24) is 13.5 Å². The molecule has 0 saturated carbocycles. The maximum absolute atomic E-state index is 12.7. The zero-order valence-corrected chi connectivity index (χ0v) is 15.2. The second kappa shape index (κ2) is 6.36. The minimum absolute atomic E-state index is 0.174. The first-order valence-corrected chi connectivity index (χ1v) is 10.2. The van der Waals surface area contributed by atoms with Crippen molar-refractivity contribution in [3.8, 4) is 5.75 Å². The first-order valence-electron chi connectivity index (χ1n) is 8.01. The normalized spacial score (nSPS) is 15.1. The first-order chi connectivity index (χ1) is 12.0. The molecule has 25 heavy (non-hydrogen) atoms. The van der Waals surface area contributed by atoms with E-state index in [0.29, 0.717) is 24.1 Å². The van der Waals surface area contributed by atoms with Crippen molar-refractivity contribution in [1.29, 1.82) is 0 Å². The molecule has 130 valence electrons. The maximum Gasteiger partial charge on any atom is 0.243 e. The molecule has 1 aliphatic rings. The molecular formula is C17H17N3O3S2. The summed E-state index contributed by atoms with van der Waals surface area (Å²) in [6.45, 7) is 2.58. The summed E-state index contributed by atoms with van der Waals surface area (Å²) in [6.07, 6.45) is 1.51. The lowest BCUT2D eigenvalue weighted by Gasteiger charge is -2.15. The van der Waals surface area contributed by atoms with Gasteiger partial charge in [-0.05, 0) is 42.7 Å². The van der Waals surface area contributed by atoms with Crippen LogP contribution in [0.4, 0.5) is 0 Å². The van der Waals surface area contributed by atoms with E-state index in [9.17, 15) is 8.42 Å². The summed E-state index contributed by atoms with van der Waals surface area (Å²) < 4.78 is 41.9. The van der Waals surface area contributed by atoms with Crippen LogP contribution in [0.25, 0.3) is 11.0 Å². The molecule has 6 nitrogen and oxygen atoms in total. The summed E-state index contributed by atoms with van der Waals surface area (Å²) in [4.78, 5) is 0.174. The summed E-state index contributed by atoms with van der Waals surface area (Å²) in [6, 6.07) is 10.8. The molecule has 1 aromatic heterocycles. The molecule has 2 aromatic carbocycles. The predicted octanol–water partition coefficient (Wildman–Crippen LogP) is 2.54. The summed E-state index contributed by atoms with van der Waals surface area (Å²) in [7, 11) is -3.66. The highest BCUT2D eigenvalue weighted by molar-refractivity contribution is 7.89. The Hall–Kier alpha value is -2.03. The third-order valence-electron chi connectivity index (χ3n) is 4.19. The highest BCUT2D eigenvalue weighted by Gasteiger charge is 2.22. The van der Waals surface area contributed by atoms with Gasteiger partial charge in [-0.25, -0.2) is 13.1 Å². The van der Waals surface area contributed by atoms with Crippen LogP contribution in [0.15, 0.2) is 41.3 Å². The number of nitrogens with zero attached hydrogens (tertiary/aromatic N) is 2. The zero-order chi connectivity index (χ0) is 17.4. The largest absolute Gasteiger partial charge is 0.493 e. The van der Waals surface area contributed by atoms with E-state index in [0.717, 1.165) is 29.5 Å². The molecule has 4 rings (SSSR count). The van der Waals surface area contributed by atoms with E-state index < -0.39 is 10.0 Å². The second-order valence-electron chi connectivity index (χ2n) is 6.16. The monoisotopic (exact) mass is 375 g/mol. The first kappa shape index (κ1) is 16.4. The standard InChI is InChI=1S/C17H17N3O3S2/c1-11(9-12-5-6-15-13(10-12)7-8-23-15)20-25(21,22)16-4-2-3-14-17(16)19-24-18-14/h2-6,10-11,20H,7-9H2,1H3/t11-/m0/s1. The van der Waals surface area contributed by atoms with Crippen LogP contribution in [0.2, 0.25) is 0 Å². The number of aromatic nitrogens is 2. The van der Waals surface area contributed by atoms with E-state index in [2.05, 4.69) is 19.5 Å². The fraction of sp³-hybridized carbons (Fsp3) is 0.294. The number of nitrogens with one attached hydrogen (secondary N) is 1. The number of ether oxygens (including phenoxy) is 1. The summed E-state index contributed by atoms with van der Waals surface area (Å²) in [5, 5.41) is 0. The molecule has 1 aliphatic heterocycles. The van der Waals surface area contributed by atoms with Gasteiger partial charge in [0.1, 0.15) is 21.7 Å². The molecule has 0 radical (unpaired) electrons. The van der Waals surface area contributed by atoms with Gasteiger partial charge >= 0.3 is 0 Å². The van der Waals surface area contributed by atoms with E-state index in [1.807, 2.05) is 19.1 Å². The smallest absolute Gasteiger partial charge is 0.243 e. The van der Waals surface area contributed by atoms with Gasteiger partial charge in [0, 0.05) is 12.5 Å². The third kappa shape index (κ3) is 3.24. The molecule has 0 amide bonds. The fourth-order valence-corrected chi connectivity index (χ4v) is 5.10. The Morgan fingerprint density at radius 2 is 2.16 bits per heavy atom. The van der Waals surface area contributed by atoms with Gasteiger partial charge in [-0.3, -0.25) is 0 Å². The van der Waals surface area contributed by atoms with Crippen molar-refractivity contribution in [3.05, 3.63) is 47.5 Å². The molecule has 1 N–H and O–H groups in total. The highest BCUT2D eigenvalue weighted by atomic mass is 32.2. The Balaban J connectivity index is 1.53. The third-order valence-corrected chi connectivity index (χ3v) is 6.35. The Kier molecular flexibility index (Phi) is 4.18. The van der Waals surface area contributed by atoms with Gasteiger partial charge < -0.3 is 4.74 Å². The Labute approximate surface area is 150 Å². The molecule has 0 fully saturated rings. The van der Waals surface area contributed by atoms with Crippen molar-refractivity contribution < 1.29 is 13.2 Å². The number of rotatable bonds is 5. The van der Waals surface area contributed by atoms with Gasteiger partial charge in [0.15, 0.2) is 0 Å². The van der Waals surface area contributed by atoms with E-state index in [1.54, 1.807) is 18.2 Å². The van der Waals surface area contributed by atoms with Crippen LogP contribution < -0.4 is 9.46 Å². The van der Waals surface area contributed by atoms with Gasteiger partial charge in [0.2, 0.25) is 10.0 Å². The van der Waals surface area contributed by atoms with E-state index in [1.165, 1.54) is 5.56 Å². The van der Waals surface area contributed by atoms with Crippen LogP contribution in [-0.2, 0) is 22.9 Å². The molecular weight excluding hydrogens is 358 g/mol. The van der Waals surface area contributed by atoms with Crippen LogP contribution in [-0.4, -0.2) is 29.8 Å². The molecule has 2 heterocycles. The van der Waals surface area contributed by atoms with Gasteiger partial charge in [-0.15, -0.1) is 0 Å². The molecule has 0 spiro atoms. The fourth-order valence-electron chi connectivity index (χ4n) is 3.09. The number of sulfonamides is 1. The van der Waals surface area contributed by atoms with Crippen molar-refractivity contribution >= 4 is 32.8 Å². The molecule has 0 bridgehead atoms. The van der Waals surface area contributed by atoms with Crippen molar-refractivity contribution in [3.63, 3.8) is 0 Å². The average molecular weight is 375 g/mol. The number of fused-ring (bicyclic) bond motifs is 2. The van der Waals surface area contributed by atoms with E-state index >= 15 is 0 Å². The maximum atomic E-state index is 12.7. The molecule has 0 saturated heterocycles. The molecule has 0 unspecified atom stereocenters. The number of hydrogen-bond acceptors (Lipinski definition) is 6. The summed E-state index contributed by atoms with van der Waals surface area (Å²) in [5.41, 5.74) is 3.29. The van der Waals surface area contributed by atoms with Crippen LogP contribution in [0.5, 0.6) is 5.75 Å². The van der Waals surface area contributed by atoms with Gasteiger partial charge in [-0.2, -0.15) is 8.75 Å². The van der Waals surface area contributed by atoms with E-state index in [-0.39, 0.29) is 10.9 Å². The van der Waals surface area contributed by atoms with Gasteiger partial charge in [0.05, 0.1) is 18.3 Å². The number of hydrogen-bond donors (Lipinski definition) is 1. The molecule has 8 heteroatoms. The van der Waals surface area contributed by atoms with Crippen LogP contribution in [0.1, 0.15) is 18.1 Å². The minimum Gasteiger partial charge on any atom is -0.493 e. The number of benzene rings is 2. The van der Waals surface area contributed by atoms with Crippen LogP contribution in [0, 0.1) is 0 Å². The molecule has 0 aliphatic carbocycles. The SMILES string of the molecule is C[C@@H](Cc1ccc2c(c1)CCO2)NS(=O)(=O)c1cccc2nsnc12.